The molecule has 1 aromatic carbocycles. The summed E-state index contributed by atoms with van der Waals surface area (Å²) in [5.41, 5.74) is 1.28. The summed E-state index contributed by atoms with van der Waals surface area (Å²) in [6, 6.07) is 10.3. The van der Waals surface area contributed by atoms with Gasteiger partial charge in [-0.15, -0.1) is 24.0 Å². The van der Waals surface area contributed by atoms with Crippen LogP contribution in [-0.4, -0.2) is 50.5 Å². The minimum Gasteiger partial charge on any atom is -0.357 e. The van der Waals surface area contributed by atoms with E-state index in [9.17, 15) is 4.79 Å². The van der Waals surface area contributed by atoms with Gasteiger partial charge < -0.3 is 15.5 Å². The Balaban J connectivity index is 0.00000400. The quantitative estimate of drug-likeness (QED) is 0.429. The summed E-state index contributed by atoms with van der Waals surface area (Å²) < 4.78 is 0. The fraction of sp³-hybridized carbons (Fsp3) is 0.467. The number of halogens is 1. The Morgan fingerprint density at radius 2 is 1.86 bits per heavy atom. The normalized spacial score (nSPS) is 10.5. The van der Waals surface area contributed by atoms with Crippen LogP contribution in [0.5, 0.6) is 0 Å². The molecule has 0 aliphatic carbocycles. The highest BCUT2D eigenvalue weighted by Gasteiger charge is 2.03. The van der Waals surface area contributed by atoms with Crippen molar-refractivity contribution in [2.24, 2.45) is 4.99 Å². The predicted octanol–water partition coefficient (Wildman–Crippen LogP) is 1.49. The van der Waals surface area contributed by atoms with Crippen molar-refractivity contribution in [3.8, 4) is 0 Å². The standard InChI is InChI=1S/C15H24N4O.HI/c1-4-16-15(18-12-14(20)19(2)3)17-11-10-13-8-6-5-7-9-13;/h5-9H,4,10-12H2,1-3H3,(H2,16,17,18);1H. The number of rotatable bonds is 6. The third kappa shape index (κ3) is 8.54. The molecule has 0 fully saturated rings. The SMILES string of the molecule is CCNC(=NCC(=O)N(C)C)NCCc1ccccc1.I. The van der Waals surface area contributed by atoms with E-state index in [1.54, 1.807) is 14.1 Å². The van der Waals surface area contributed by atoms with E-state index in [-0.39, 0.29) is 36.4 Å². The molecular formula is C15H25IN4O. The number of hydrogen-bond donors (Lipinski definition) is 2. The molecule has 0 aromatic heterocycles. The molecule has 0 aliphatic heterocycles. The molecule has 0 aliphatic rings. The Hall–Kier alpha value is -1.31. The first-order valence-electron chi connectivity index (χ1n) is 6.89. The Labute approximate surface area is 144 Å². The van der Waals surface area contributed by atoms with Gasteiger partial charge in [-0.05, 0) is 18.9 Å². The summed E-state index contributed by atoms with van der Waals surface area (Å²) in [7, 11) is 3.46. The maximum Gasteiger partial charge on any atom is 0.243 e. The van der Waals surface area contributed by atoms with E-state index in [1.165, 1.54) is 10.5 Å². The van der Waals surface area contributed by atoms with Gasteiger partial charge in [-0.3, -0.25) is 4.79 Å². The summed E-state index contributed by atoms with van der Waals surface area (Å²) in [5.74, 6) is 0.670. The number of likely N-dealkylation sites (N-methyl/N-ethyl adjacent to an activating group) is 1. The highest BCUT2D eigenvalue weighted by molar-refractivity contribution is 14.0. The maximum absolute atomic E-state index is 11.5. The van der Waals surface area contributed by atoms with Gasteiger partial charge in [0.15, 0.2) is 5.96 Å². The van der Waals surface area contributed by atoms with Crippen LogP contribution in [0.1, 0.15) is 12.5 Å². The number of nitrogens with zero attached hydrogens (tertiary/aromatic N) is 2. The summed E-state index contributed by atoms with van der Waals surface area (Å²) >= 11 is 0. The van der Waals surface area contributed by atoms with E-state index in [0.29, 0.717) is 5.96 Å². The molecule has 0 saturated heterocycles. The number of nitrogens with one attached hydrogen (secondary N) is 2. The van der Waals surface area contributed by atoms with Gasteiger partial charge in [0.2, 0.25) is 5.91 Å². The number of carbonyl (C=O) groups is 1. The zero-order valence-corrected chi connectivity index (χ0v) is 15.3. The van der Waals surface area contributed by atoms with E-state index in [4.69, 9.17) is 0 Å². The lowest BCUT2D eigenvalue weighted by atomic mass is 10.1. The molecule has 1 amide bonds. The highest BCUT2D eigenvalue weighted by Crippen LogP contribution is 1.97. The van der Waals surface area contributed by atoms with Crippen LogP contribution in [0.15, 0.2) is 35.3 Å². The molecule has 118 valence electrons. The van der Waals surface area contributed by atoms with Gasteiger partial charge in [-0.25, -0.2) is 4.99 Å². The van der Waals surface area contributed by atoms with Gasteiger partial charge >= 0.3 is 0 Å². The van der Waals surface area contributed by atoms with Gasteiger partial charge in [0.1, 0.15) is 6.54 Å². The van der Waals surface area contributed by atoms with Crippen molar-refractivity contribution in [3.63, 3.8) is 0 Å². The van der Waals surface area contributed by atoms with Crippen molar-refractivity contribution < 1.29 is 4.79 Å². The van der Waals surface area contributed by atoms with Crippen molar-refractivity contribution >= 4 is 35.8 Å². The summed E-state index contributed by atoms with van der Waals surface area (Å²) in [5, 5.41) is 6.36. The summed E-state index contributed by atoms with van der Waals surface area (Å²) in [4.78, 5) is 17.3. The first-order valence-corrected chi connectivity index (χ1v) is 6.89. The molecule has 0 saturated carbocycles. The minimum absolute atomic E-state index is 0. The predicted molar refractivity (Wildman–Crippen MR) is 98.2 cm³/mol. The molecule has 5 nitrogen and oxygen atoms in total. The molecule has 1 rings (SSSR count). The monoisotopic (exact) mass is 404 g/mol. The molecule has 1 aromatic rings. The average molecular weight is 404 g/mol. The average Bonchev–Trinajstić information content (AvgIpc) is 2.45. The molecular weight excluding hydrogens is 379 g/mol. The highest BCUT2D eigenvalue weighted by atomic mass is 127. The first-order chi connectivity index (χ1) is 9.63. The minimum atomic E-state index is -0.00902. The fourth-order valence-corrected chi connectivity index (χ4v) is 1.60. The van der Waals surface area contributed by atoms with Crippen LogP contribution in [0, 0.1) is 0 Å². The van der Waals surface area contributed by atoms with Gasteiger partial charge in [0.05, 0.1) is 0 Å². The van der Waals surface area contributed by atoms with Crippen molar-refractivity contribution in [3.05, 3.63) is 35.9 Å². The second-order valence-corrected chi connectivity index (χ2v) is 4.65. The van der Waals surface area contributed by atoms with Crippen LogP contribution in [-0.2, 0) is 11.2 Å². The molecule has 0 bridgehead atoms. The van der Waals surface area contributed by atoms with E-state index < -0.39 is 0 Å². The summed E-state index contributed by atoms with van der Waals surface area (Å²) in [6.07, 6.45) is 0.923. The van der Waals surface area contributed by atoms with Crippen LogP contribution in [0.4, 0.5) is 0 Å². The van der Waals surface area contributed by atoms with E-state index in [1.807, 2.05) is 25.1 Å². The van der Waals surface area contributed by atoms with E-state index >= 15 is 0 Å². The number of aliphatic imine (C=N–C) groups is 1. The molecule has 21 heavy (non-hydrogen) atoms. The van der Waals surface area contributed by atoms with Crippen molar-refractivity contribution in [1.29, 1.82) is 0 Å². The topological polar surface area (TPSA) is 56.7 Å². The number of carbonyl (C=O) groups excluding carboxylic acids is 1. The Morgan fingerprint density at radius 3 is 2.43 bits per heavy atom. The third-order valence-electron chi connectivity index (χ3n) is 2.76. The van der Waals surface area contributed by atoms with Gasteiger partial charge in [-0.1, -0.05) is 30.3 Å². The van der Waals surface area contributed by atoms with E-state index in [2.05, 4.69) is 27.8 Å². The number of benzene rings is 1. The Bertz CT molecular complexity index is 435. The molecule has 0 heterocycles. The van der Waals surface area contributed by atoms with Gasteiger partial charge in [-0.2, -0.15) is 0 Å². The second kappa shape index (κ2) is 11.4. The van der Waals surface area contributed by atoms with Crippen LogP contribution in [0.2, 0.25) is 0 Å². The van der Waals surface area contributed by atoms with Crippen molar-refractivity contribution in [2.45, 2.75) is 13.3 Å². The van der Waals surface area contributed by atoms with Crippen LogP contribution in [0.25, 0.3) is 0 Å². The van der Waals surface area contributed by atoms with Crippen LogP contribution in [0.3, 0.4) is 0 Å². The summed E-state index contributed by atoms with van der Waals surface area (Å²) in [6.45, 7) is 3.72. The number of guanidine groups is 1. The lowest BCUT2D eigenvalue weighted by molar-refractivity contribution is -0.127. The molecule has 2 N–H and O–H groups in total. The molecule has 0 unspecified atom stereocenters. The Kier molecular flexibility index (Phi) is 10.7. The molecule has 6 heteroatoms. The van der Waals surface area contributed by atoms with Crippen molar-refractivity contribution in [2.75, 3.05) is 33.7 Å². The molecule has 0 spiro atoms. The van der Waals surface area contributed by atoms with Crippen LogP contribution < -0.4 is 10.6 Å². The number of hydrogen-bond acceptors (Lipinski definition) is 2. The smallest absolute Gasteiger partial charge is 0.243 e. The number of amides is 1. The maximum atomic E-state index is 11.5. The van der Waals surface area contributed by atoms with Crippen LogP contribution >= 0.6 is 24.0 Å². The molecule has 0 atom stereocenters. The molecule has 0 radical (unpaired) electrons. The van der Waals surface area contributed by atoms with Gasteiger partial charge in [0, 0.05) is 27.2 Å². The fourth-order valence-electron chi connectivity index (χ4n) is 1.60. The lowest BCUT2D eigenvalue weighted by Crippen LogP contribution is -2.39. The zero-order valence-electron chi connectivity index (χ0n) is 12.9. The first kappa shape index (κ1) is 19.7. The Morgan fingerprint density at radius 1 is 1.19 bits per heavy atom. The second-order valence-electron chi connectivity index (χ2n) is 4.65. The van der Waals surface area contributed by atoms with Gasteiger partial charge in [0.25, 0.3) is 0 Å². The van der Waals surface area contributed by atoms with Crippen molar-refractivity contribution in [1.82, 2.24) is 15.5 Å². The largest absolute Gasteiger partial charge is 0.357 e. The van der Waals surface area contributed by atoms with E-state index in [0.717, 1.165) is 19.5 Å². The zero-order chi connectivity index (χ0) is 14.8. The lowest BCUT2D eigenvalue weighted by Gasteiger charge is -2.12. The third-order valence-corrected chi connectivity index (χ3v) is 2.76.